The highest BCUT2D eigenvalue weighted by molar-refractivity contribution is 5.79. The lowest BCUT2D eigenvalue weighted by Crippen LogP contribution is -2.23. The van der Waals surface area contributed by atoms with E-state index in [9.17, 15) is 0 Å². The lowest BCUT2D eigenvalue weighted by molar-refractivity contribution is 0.170. The average molecular weight is 349 g/mol. The van der Waals surface area contributed by atoms with Gasteiger partial charge in [-0.15, -0.1) is 0 Å². The fourth-order valence-electron chi connectivity index (χ4n) is 4.21. The summed E-state index contributed by atoms with van der Waals surface area (Å²) in [4.78, 5) is 2.57. The van der Waals surface area contributed by atoms with Crippen molar-refractivity contribution in [3.05, 3.63) is 53.7 Å². The Morgan fingerprint density at radius 3 is 2.88 bits per heavy atom. The molecule has 2 aromatic carbocycles. The second-order valence-electron chi connectivity index (χ2n) is 7.19. The number of hydrogen-bond donors (Lipinski definition) is 0. The first-order valence-corrected chi connectivity index (χ1v) is 9.32. The summed E-state index contributed by atoms with van der Waals surface area (Å²) < 4.78 is 13.4. The van der Waals surface area contributed by atoms with Gasteiger partial charge >= 0.3 is 0 Å². The summed E-state index contributed by atoms with van der Waals surface area (Å²) in [6.45, 7) is 3.36. The predicted molar refractivity (Wildman–Crippen MR) is 101 cm³/mol. The molecule has 5 nitrogen and oxygen atoms in total. The van der Waals surface area contributed by atoms with Gasteiger partial charge in [-0.3, -0.25) is 9.58 Å². The average Bonchev–Trinajstić information content (AvgIpc) is 3.28. The minimum atomic E-state index is 0.440. The first-order valence-electron chi connectivity index (χ1n) is 9.32. The van der Waals surface area contributed by atoms with Crippen molar-refractivity contribution in [2.24, 2.45) is 7.05 Å². The summed E-state index contributed by atoms with van der Waals surface area (Å²) in [6.07, 6.45) is 4.37. The van der Waals surface area contributed by atoms with E-state index in [1.54, 1.807) is 0 Å². The number of hydrogen-bond acceptors (Lipinski definition) is 4. The molecule has 5 rings (SSSR count). The van der Waals surface area contributed by atoms with Crippen molar-refractivity contribution in [2.45, 2.75) is 25.4 Å². The van der Waals surface area contributed by atoms with Crippen molar-refractivity contribution in [1.29, 1.82) is 0 Å². The SMILES string of the molecule is Cn1ncc2cc(CN3CCC[C@@H]3c3ccc4c(c3)OCCO4)ccc21. The zero-order valence-electron chi connectivity index (χ0n) is 15.0. The van der Waals surface area contributed by atoms with E-state index >= 15 is 0 Å². The Balaban J connectivity index is 1.39. The minimum absolute atomic E-state index is 0.440. The predicted octanol–water partition coefficient (Wildman–Crippen LogP) is 3.68. The molecule has 0 unspecified atom stereocenters. The molecule has 1 saturated heterocycles. The summed E-state index contributed by atoms with van der Waals surface area (Å²) in [5.41, 5.74) is 3.85. The molecule has 0 amide bonds. The van der Waals surface area contributed by atoms with Crippen LogP contribution >= 0.6 is 0 Å². The number of ether oxygens (including phenoxy) is 2. The highest BCUT2D eigenvalue weighted by atomic mass is 16.6. The standard InChI is InChI=1S/C21H23N3O2/c1-23-18-6-4-15(11-17(18)13-22-23)14-24-8-2-3-19(24)16-5-7-20-21(12-16)26-10-9-25-20/h4-7,11-13,19H,2-3,8-10,14H2,1H3/t19-/m1/s1. The van der Waals surface area contributed by atoms with Gasteiger partial charge in [-0.25, -0.2) is 0 Å². The molecule has 134 valence electrons. The number of fused-ring (bicyclic) bond motifs is 2. The molecule has 26 heavy (non-hydrogen) atoms. The van der Waals surface area contributed by atoms with Crippen molar-refractivity contribution in [3.8, 4) is 11.5 Å². The first-order chi connectivity index (χ1) is 12.8. The molecule has 0 aliphatic carbocycles. The van der Waals surface area contributed by atoms with Crippen molar-refractivity contribution in [3.63, 3.8) is 0 Å². The molecule has 0 bridgehead atoms. The first kappa shape index (κ1) is 15.7. The van der Waals surface area contributed by atoms with Crippen LogP contribution in [-0.4, -0.2) is 34.4 Å². The van der Waals surface area contributed by atoms with Gasteiger partial charge in [-0.2, -0.15) is 5.10 Å². The molecule has 0 saturated carbocycles. The molecule has 2 aliphatic rings. The van der Waals surface area contributed by atoms with E-state index < -0.39 is 0 Å². The highest BCUT2D eigenvalue weighted by Gasteiger charge is 2.27. The molecule has 0 spiro atoms. The lowest BCUT2D eigenvalue weighted by atomic mass is 10.0. The summed E-state index contributed by atoms with van der Waals surface area (Å²) in [5, 5.41) is 5.56. The number of aryl methyl sites for hydroxylation is 1. The summed E-state index contributed by atoms with van der Waals surface area (Å²) in [5.74, 6) is 1.75. The maximum absolute atomic E-state index is 5.77. The van der Waals surface area contributed by atoms with Gasteiger partial charge in [0.2, 0.25) is 0 Å². The largest absolute Gasteiger partial charge is 0.486 e. The smallest absolute Gasteiger partial charge is 0.161 e. The quantitative estimate of drug-likeness (QED) is 0.723. The maximum atomic E-state index is 5.77. The van der Waals surface area contributed by atoms with Crippen molar-refractivity contribution in [2.75, 3.05) is 19.8 Å². The van der Waals surface area contributed by atoms with Crippen molar-refractivity contribution >= 4 is 10.9 Å². The van der Waals surface area contributed by atoms with E-state index in [1.165, 1.54) is 34.9 Å². The van der Waals surface area contributed by atoms with E-state index in [4.69, 9.17) is 9.47 Å². The van der Waals surface area contributed by atoms with Crippen LogP contribution in [0.3, 0.4) is 0 Å². The Hall–Kier alpha value is -2.53. The maximum Gasteiger partial charge on any atom is 0.161 e. The second kappa shape index (κ2) is 6.32. The zero-order valence-corrected chi connectivity index (χ0v) is 15.0. The Morgan fingerprint density at radius 1 is 1.08 bits per heavy atom. The third-order valence-electron chi connectivity index (χ3n) is 5.51. The monoisotopic (exact) mass is 349 g/mol. The molecule has 1 atom stereocenters. The number of nitrogens with zero attached hydrogens (tertiary/aromatic N) is 3. The van der Waals surface area contributed by atoms with E-state index in [0.29, 0.717) is 19.3 Å². The van der Waals surface area contributed by atoms with E-state index in [0.717, 1.165) is 24.6 Å². The molecule has 3 heterocycles. The Morgan fingerprint density at radius 2 is 1.96 bits per heavy atom. The fraction of sp³-hybridized carbons (Fsp3) is 0.381. The third-order valence-corrected chi connectivity index (χ3v) is 5.51. The van der Waals surface area contributed by atoms with Gasteiger partial charge in [0.1, 0.15) is 13.2 Å². The van der Waals surface area contributed by atoms with Crippen molar-refractivity contribution < 1.29 is 9.47 Å². The topological polar surface area (TPSA) is 39.5 Å². The van der Waals surface area contributed by atoms with Gasteiger partial charge in [0, 0.05) is 25.0 Å². The van der Waals surface area contributed by atoms with Crippen LogP contribution < -0.4 is 9.47 Å². The van der Waals surface area contributed by atoms with Crippen LogP contribution in [0.1, 0.15) is 30.0 Å². The number of aromatic nitrogens is 2. The minimum Gasteiger partial charge on any atom is -0.486 e. The summed E-state index contributed by atoms with van der Waals surface area (Å²) in [7, 11) is 1.99. The molecule has 1 aromatic heterocycles. The van der Waals surface area contributed by atoms with E-state index in [1.807, 2.05) is 17.9 Å². The van der Waals surface area contributed by atoms with Crippen LogP contribution in [0.4, 0.5) is 0 Å². The summed E-state index contributed by atoms with van der Waals surface area (Å²) in [6, 6.07) is 13.5. The molecule has 0 radical (unpaired) electrons. The van der Waals surface area contributed by atoms with E-state index in [-0.39, 0.29) is 0 Å². The Kier molecular flexibility index (Phi) is 3.82. The normalized spacial score (nSPS) is 20.0. The number of rotatable bonds is 3. The van der Waals surface area contributed by atoms with Gasteiger partial charge in [-0.1, -0.05) is 12.1 Å². The molecule has 3 aromatic rings. The van der Waals surface area contributed by atoms with Gasteiger partial charge in [0.15, 0.2) is 11.5 Å². The van der Waals surface area contributed by atoms with Crippen LogP contribution in [0.2, 0.25) is 0 Å². The molecule has 2 aliphatic heterocycles. The van der Waals surface area contributed by atoms with Crippen LogP contribution in [0.5, 0.6) is 11.5 Å². The van der Waals surface area contributed by atoms with Gasteiger partial charge < -0.3 is 9.47 Å². The highest BCUT2D eigenvalue weighted by Crippen LogP contribution is 2.38. The van der Waals surface area contributed by atoms with E-state index in [2.05, 4.69) is 46.4 Å². The zero-order chi connectivity index (χ0) is 17.5. The van der Waals surface area contributed by atoms with Gasteiger partial charge in [0.05, 0.1) is 11.7 Å². The molecule has 1 fully saturated rings. The lowest BCUT2D eigenvalue weighted by Gasteiger charge is -2.26. The van der Waals surface area contributed by atoms with Crippen LogP contribution in [-0.2, 0) is 13.6 Å². The van der Waals surface area contributed by atoms with Crippen molar-refractivity contribution in [1.82, 2.24) is 14.7 Å². The van der Waals surface area contributed by atoms with Gasteiger partial charge in [0.25, 0.3) is 0 Å². The number of likely N-dealkylation sites (tertiary alicyclic amines) is 1. The van der Waals surface area contributed by atoms with Crippen LogP contribution in [0.25, 0.3) is 10.9 Å². The third kappa shape index (κ3) is 2.72. The van der Waals surface area contributed by atoms with Crippen LogP contribution in [0.15, 0.2) is 42.6 Å². The second-order valence-corrected chi connectivity index (χ2v) is 7.19. The summed E-state index contributed by atoms with van der Waals surface area (Å²) >= 11 is 0. The molecular weight excluding hydrogens is 326 g/mol. The molecule has 5 heteroatoms. The fourth-order valence-corrected chi connectivity index (χ4v) is 4.21. The Labute approximate surface area is 153 Å². The Bertz CT molecular complexity index is 950. The van der Waals surface area contributed by atoms with Gasteiger partial charge in [-0.05, 0) is 54.8 Å². The molecule has 0 N–H and O–H groups in total. The van der Waals surface area contributed by atoms with Crippen LogP contribution in [0, 0.1) is 0 Å². The number of benzene rings is 2. The molecular formula is C21H23N3O2.